The minimum atomic E-state index is -1.20. The summed E-state index contributed by atoms with van der Waals surface area (Å²) in [4.78, 5) is 42.8. The van der Waals surface area contributed by atoms with Gasteiger partial charge in [0.2, 0.25) is 11.8 Å². The average molecular weight is 437 g/mol. The smallest absolute Gasteiger partial charge is 0.310 e. The van der Waals surface area contributed by atoms with E-state index in [2.05, 4.69) is 13.5 Å². The molecule has 7 atom stereocenters. The molecule has 2 amide bonds. The number of carbonyl (C=O) groups excluding carboxylic acids is 2. The number of unbranched alkanes of at least 4 members (excludes halogenated alkanes) is 2. The zero-order chi connectivity index (χ0) is 23.1. The van der Waals surface area contributed by atoms with Gasteiger partial charge in [-0.25, -0.2) is 0 Å². The largest absolute Gasteiger partial charge is 0.481 e. The molecule has 174 valence electrons. The van der Waals surface area contributed by atoms with Crippen LogP contribution in [0.1, 0.15) is 53.4 Å². The van der Waals surface area contributed by atoms with Gasteiger partial charge in [0, 0.05) is 13.1 Å². The van der Waals surface area contributed by atoms with E-state index in [1.165, 1.54) is 4.90 Å². The van der Waals surface area contributed by atoms with Crippen LogP contribution >= 0.6 is 0 Å². The minimum absolute atomic E-state index is 0.120. The number of carboxylic acids is 1. The lowest BCUT2D eigenvalue weighted by molar-refractivity contribution is -0.159. The van der Waals surface area contributed by atoms with Crippen LogP contribution in [0.15, 0.2) is 12.7 Å². The molecule has 3 heterocycles. The van der Waals surface area contributed by atoms with Crippen molar-refractivity contribution in [1.29, 1.82) is 0 Å². The van der Waals surface area contributed by atoms with Crippen molar-refractivity contribution < 1.29 is 29.3 Å². The van der Waals surface area contributed by atoms with E-state index < -0.39 is 47.0 Å². The number of ether oxygens (including phenoxy) is 1. The molecule has 3 fully saturated rings. The van der Waals surface area contributed by atoms with Gasteiger partial charge in [-0.3, -0.25) is 14.4 Å². The molecule has 0 aliphatic carbocycles. The first-order valence-electron chi connectivity index (χ1n) is 11.4. The quantitative estimate of drug-likeness (QED) is 0.398. The summed E-state index contributed by atoms with van der Waals surface area (Å²) in [6, 6.07) is -1.58. The lowest BCUT2D eigenvalue weighted by Crippen LogP contribution is -2.58. The van der Waals surface area contributed by atoms with Crippen molar-refractivity contribution in [2.24, 2.45) is 17.8 Å². The first-order valence-corrected chi connectivity index (χ1v) is 11.4. The Balaban J connectivity index is 2.07. The number of aliphatic carboxylic acids is 1. The Hall–Kier alpha value is -1.93. The maximum absolute atomic E-state index is 13.9. The molecule has 1 spiro atoms. The van der Waals surface area contributed by atoms with Crippen LogP contribution in [-0.4, -0.2) is 80.8 Å². The highest BCUT2D eigenvalue weighted by Gasteiger charge is 2.80. The molecule has 3 saturated heterocycles. The van der Waals surface area contributed by atoms with Crippen molar-refractivity contribution in [3.05, 3.63) is 12.7 Å². The fourth-order valence-corrected chi connectivity index (χ4v) is 6.07. The second-order valence-corrected chi connectivity index (χ2v) is 9.60. The fraction of sp³-hybridized carbons (Fsp3) is 0.783. The zero-order valence-electron chi connectivity index (χ0n) is 19.0. The Labute approximate surface area is 184 Å². The summed E-state index contributed by atoms with van der Waals surface area (Å²) >= 11 is 0. The predicted octanol–water partition coefficient (Wildman–Crippen LogP) is 1.67. The Kier molecular flexibility index (Phi) is 6.54. The van der Waals surface area contributed by atoms with Crippen molar-refractivity contribution in [3.63, 3.8) is 0 Å². The maximum Gasteiger partial charge on any atom is 0.310 e. The number of amides is 2. The van der Waals surface area contributed by atoms with Gasteiger partial charge in [-0.1, -0.05) is 32.8 Å². The summed E-state index contributed by atoms with van der Waals surface area (Å²) in [6.07, 6.45) is 4.91. The SMILES string of the molecule is C=CCN(CCCCC)C(=O)C1N([C@H](C)CO)C(=O)[C@@H]2[C@@H](C(=O)O)[C@]3(C)OC12CC3C. The lowest BCUT2D eigenvalue weighted by atomic mass is 9.62. The number of rotatable bonds is 10. The minimum Gasteiger partial charge on any atom is -0.481 e. The summed E-state index contributed by atoms with van der Waals surface area (Å²) in [5.41, 5.74) is -2.20. The summed E-state index contributed by atoms with van der Waals surface area (Å²) in [6.45, 7) is 11.8. The van der Waals surface area contributed by atoms with Gasteiger partial charge < -0.3 is 24.7 Å². The number of aliphatic hydroxyl groups is 1. The standard InChI is InChI=1S/C23H36N2O6/c1-6-8-9-11-24(10-7-2)20(28)18-23-12-14(3)22(5,31-23)17(21(29)30)16(23)19(27)25(18)15(4)13-26/h7,14-18,26H,2,6,8-13H2,1,3-5H3,(H,29,30)/t14?,15-,16+,17+,18?,22-,23?/m1/s1. The molecule has 2 bridgehead atoms. The third-order valence-corrected chi connectivity index (χ3v) is 7.68. The van der Waals surface area contributed by atoms with Crippen LogP contribution in [-0.2, 0) is 19.1 Å². The monoisotopic (exact) mass is 436 g/mol. The van der Waals surface area contributed by atoms with E-state index in [4.69, 9.17) is 4.74 Å². The molecule has 31 heavy (non-hydrogen) atoms. The van der Waals surface area contributed by atoms with Crippen LogP contribution in [0.2, 0.25) is 0 Å². The lowest BCUT2D eigenvalue weighted by Gasteiger charge is -2.38. The first-order chi connectivity index (χ1) is 14.6. The van der Waals surface area contributed by atoms with Crippen molar-refractivity contribution in [2.75, 3.05) is 19.7 Å². The molecule has 0 aromatic heterocycles. The molecule has 0 saturated carbocycles. The molecule has 3 rings (SSSR count). The van der Waals surface area contributed by atoms with Gasteiger partial charge in [0.1, 0.15) is 17.6 Å². The van der Waals surface area contributed by atoms with Gasteiger partial charge in [-0.05, 0) is 32.6 Å². The molecular formula is C23H36N2O6. The van der Waals surface area contributed by atoms with Gasteiger partial charge in [0.25, 0.3) is 0 Å². The van der Waals surface area contributed by atoms with Crippen molar-refractivity contribution in [3.8, 4) is 0 Å². The number of fused-ring (bicyclic) bond motifs is 1. The molecule has 3 unspecified atom stereocenters. The molecule has 3 aliphatic rings. The average Bonchev–Trinajstić information content (AvgIpc) is 3.23. The second-order valence-electron chi connectivity index (χ2n) is 9.60. The Morgan fingerprint density at radius 1 is 1.42 bits per heavy atom. The van der Waals surface area contributed by atoms with E-state index >= 15 is 0 Å². The third-order valence-electron chi connectivity index (χ3n) is 7.68. The number of hydrogen-bond donors (Lipinski definition) is 2. The first kappa shape index (κ1) is 23.7. The predicted molar refractivity (Wildman–Crippen MR) is 114 cm³/mol. The molecule has 0 aromatic rings. The highest BCUT2D eigenvalue weighted by molar-refractivity contribution is 5.98. The van der Waals surface area contributed by atoms with Crippen molar-refractivity contribution >= 4 is 17.8 Å². The van der Waals surface area contributed by atoms with Crippen LogP contribution < -0.4 is 0 Å². The van der Waals surface area contributed by atoms with Crippen LogP contribution in [0.3, 0.4) is 0 Å². The van der Waals surface area contributed by atoms with E-state index in [0.717, 1.165) is 19.3 Å². The van der Waals surface area contributed by atoms with E-state index in [1.807, 2.05) is 6.92 Å². The molecular weight excluding hydrogens is 400 g/mol. The van der Waals surface area contributed by atoms with Gasteiger partial charge >= 0.3 is 5.97 Å². The highest BCUT2D eigenvalue weighted by Crippen LogP contribution is 2.65. The number of aliphatic hydroxyl groups excluding tert-OH is 1. The summed E-state index contributed by atoms with van der Waals surface area (Å²) in [5, 5.41) is 19.9. The third kappa shape index (κ3) is 3.39. The Morgan fingerprint density at radius 3 is 2.65 bits per heavy atom. The van der Waals surface area contributed by atoms with E-state index in [-0.39, 0.29) is 18.4 Å². The molecule has 0 radical (unpaired) electrons. The topological polar surface area (TPSA) is 107 Å². The maximum atomic E-state index is 13.9. The molecule has 2 N–H and O–H groups in total. The number of nitrogens with zero attached hydrogens (tertiary/aromatic N) is 2. The van der Waals surface area contributed by atoms with Crippen molar-refractivity contribution in [1.82, 2.24) is 9.80 Å². The molecule has 3 aliphatic heterocycles. The van der Waals surface area contributed by atoms with E-state index in [9.17, 15) is 24.6 Å². The number of carboxylic acid groups (broad SMARTS) is 1. The molecule has 0 aromatic carbocycles. The van der Waals surface area contributed by atoms with Gasteiger partial charge in [-0.15, -0.1) is 6.58 Å². The van der Waals surface area contributed by atoms with Crippen LogP contribution in [0, 0.1) is 17.8 Å². The summed E-state index contributed by atoms with van der Waals surface area (Å²) in [7, 11) is 0. The number of hydrogen-bond acceptors (Lipinski definition) is 5. The Bertz CT molecular complexity index is 756. The number of carbonyl (C=O) groups is 3. The van der Waals surface area contributed by atoms with E-state index in [1.54, 1.807) is 24.8 Å². The number of likely N-dealkylation sites (tertiary alicyclic amines) is 1. The Morgan fingerprint density at radius 2 is 2.10 bits per heavy atom. The molecule has 8 heteroatoms. The normalized spacial score (nSPS) is 37.1. The van der Waals surface area contributed by atoms with Gasteiger partial charge in [0.15, 0.2) is 0 Å². The van der Waals surface area contributed by atoms with E-state index in [0.29, 0.717) is 19.5 Å². The van der Waals surface area contributed by atoms with Crippen molar-refractivity contribution in [2.45, 2.75) is 76.7 Å². The van der Waals surface area contributed by atoms with Crippen LogP contribution in [0.4, 0.5) is 0 Å². The fourth-order valence-electron chi connectivity index (χ4n) is 6.07. The molecule has 8 nitrogen and oxygen atoms in total. The van der Waals surface area contributed by atoms with Gasteiger partial charge in [0.05, 0.1) is 24.2 Å². The van der Waals surface area contributed by atoms with Crippen LogP contribution in [0.25, 0.3) is 0 Å². The summed E-state index contributed by atoms with van der Waals surface area (Å²) < 4.78 is 6.44. The summed E-state index contributed by atoms with van der Waals surface area (Å²) in [5.74, 6) is -3.82. The second kappa shape index (κ2) is 8.54. The highest BCUT2D eigenvalue weighted by atomic mass is 16.5. The van der Waals surface area contributed by atoms with Gasteiger partial charge in [-0.2, -0.15) is 0 Å². The zero-order valence-corrected chi connectivity index (χ0v) is 19.0. The van der Waals surface area contributed by atoms with Crippen LogP contribution in [0.5, 0.6) is 0 Å².